The fraction of sp³-hybridized carbons (Fsp3) is 0.438. The zero-order valence-electron chi connectivity index (χ0n) is 24.3. The van der Waals surface area contributed by atoms with E-state index in [9.17, 15) is 9.90 Å². The zero-order valence-corrected chi connectivity index (χ0v) is 26.0. The van der Waals surface area contributed by atoms with Crippen LogP contribution in [0, 0.1) is 0 Å². The standard InChI is InChI=1S/C30H34N4O2S2.C2H6/c1-18-13-22(19-9-11-37-12-10-19)14-23-26(18)27(33-17-32-23)21-7-5-20(6-8-21)24(16-35)34-28(36)25-15-31-29(38-25)30(2,3)4;1-2/h5-9,14-15,17-18,24,35H,10-13,16H2,1-4H3,(H,34,36);1-2H3. The first-order chi connectivity index (χ1) is 19.2. The predicted octanol–water partition coefficient (Wildman–Crippen LogP) is 7.34. The summed E-state index contributed by atoms with van der Waals surface area (Å²) in [5.41, 5.74) is 7.74. The molecule has 0 saturated heterocycles. The molecule has 6 nitrogen and oxygen atoms in total. The summed E-state index contributed by atoms with van der Waals surface area (Å²) in [6.45, 7) is 12.3. The highest BCUT2D eigenvalue weighted by atomic mass is 32.2. The van der Waals surface area contributed by atoms with Crippen LogP contribution >= 0.6 is 23.1 Å². The molecule has 0 radical (unpaired) electrons. The summed E-state index contributed by atoms with van der Waals surface area (Å²) in [6, 6.07) is 7.44. The predicted molar refractivity (Wildman–Crippen MR) is 168 cm³/mol. The maximum Gasteiger partial charge on any atom is 0.263 e. The number of carbonyl (C=O) groups excluding carboxylic acids is 1. The first kappa shape index (κ1) is 30.2. The van der Waals surface area contributed by atoms with E-state index in [2.05, 4.69) is 60.1 Å². The highest BCUT2D eigenvalue weighted by Crippen LogP contribution is 2.41. The molecule has 2 atom stereocenters. The third-order valence-electron chi connectivity index (χ3n) is 7.07. The molecule has 2 aliphatic rings. The maximum absolute atomic E-state index is 12.9. The zero-order chi connectivity index (χ0) is 28.9. The van der Waals surface area contributed by atoms with Gasteiger partial charge in [-0.1, -0.05) is 71.9 Å². The van der Waals surface area contributed by atoms with E-state index in [0.717, 1.165) is 46.1 Å². The molecule has 1 aromatic carbocycles. The van der Waals surface area contributed by atoms with Gasteiger partial charge in [-0.2, -0.15) is 11.8 Å². The fourth-order valence-electron chi connectivity index (χ4n) is 5.00. The number of amides is 1. The Hall–Kier alpha value is -2.81. The van der Waals surface area contributed by atoms with E-state index in [4.69, 9.17) is 0 Å². The number of hydrogen-bond donors (Lipinski definition) is 2. The quantitative estimate of drug-likeness (QED) is 0.319. The van der Waals surface area contributed by atoms with Gasteiger partial charge in [-0.05, 0) is 47.3 Å². The van der Waals surface area contributed by atoms with Gasteiger partial charge in [0, 0.05) is 22.3 Å². The number of thiazole rings is 1. The monoisotopic (exact) mass is 576 g/mol. The van der Waals surface area contributed by atoms with Gasteiger partial charge in [0.15, 0.2) is 0 Å². The van der Waals surface area contributed by atoms with Crippen LogP contribution in [0.5, 0.6) is 0 Å². The molecule has 1 aliphatic carbocycles. The van der Waals surface area contributed by atoms with Crippen molar-refractivity contribution in [3.63, 3.8) is 0 Å². The minimum absolute atomic E-state index is 0.114. The van der Waals surface area contributed by atoms with E-state index in [-0.39, 0.29) is 17.9 Å². The molecule has 0 saturated carbocycles. The Labute approximate surface area is 246 Å². The Bertz CT molecular complexity index is 1390. The van der Waals surface area contributed by atoms with Gasteiger partial charge in [0.05, 0.1) is 35.2 Å². The second-order valence-electron chi connectivity index (χ2n) is 11.0. The Morgan fingerprint density at radius 1 is 1.12 bits per heavy atom. The van der Waals surface area contributed by atoms with Crippen molar-refractivity contribution in [2.45, 2.75) is 71.8 Å². The Morgan fingerprint density at radius 2 is 1.88 bits per heavy atom. The first-order valence-electron chi connectivity index (χ1n) is 14.1. The smallest absolute Gasteiger partial charge is 0.263 e. The molecular weight excluding hydrogens is 537 g/mol. The average Bonchev–Trinajstić information content (AvgIpc) is 3.49. The molecular formula is C32H40N4O2S2. The fourth-order valence-corrected chi connectivity index (χ4v) is 6.73. The molecule has 40 heavy (non-hydrogen) atoms. The molecule has 8 heteroatoms. The second kappa shape index (κ2) is 13.2. The molecule has 5 rings (SSSR count). The molecule has 2 N–H and O–H groups in total. The van der Waals surface area contributed by atoms with Gasteiger partial charge in [0.25, 0.3) is 5.91 Å². The number of nitrogens with zero attached hydrogens (tertiary/aromatic N) is 3. The summed E-state index contributed by atoms with van der Waals surface area (Å²) < 4.78 is 0. The number of rotatable bonds is 6. The lowest BCUT2D eigenvalue weighted by Gasteiger charge is -2.26. The SMILES string of the molecule is CC.CC1CC(C2=CCSCC2)=Cc2ncnc(-c3ccc(C(CO)NC(=O)c4cnc(C(C)(C)C)s4)cc3)c21. The molecule has 1 aliphatic heterocycles. The number of carbonyl (C=O) groups is 1. The van der Waals surface area contributed by atoms with Crippen LogP contribution in [0.25, 0.3) is 17.3 Å². The summed E-state index contributed by atoms with van der Waals surface area (Å²) >= 11 is 3.38. The van der Waals surface area contributed by atoms with E-state index in [0.29, 0.717) is 10.8 Å². The lowest BCUT2D eigenvalue weighted by atomic mass is 9.81. The van der Waals surface area contributed by atoms with Crippen molar-refractivity contribution >= 4 is 35.1 Å². The van der Waals surface area contributed by atoms with E-state index >= 15 is 0 Å². The third kappa shape index (κ3) is 6.73. The number of aliphatic hydroxyl groups excluding tert-OH is 1. The number of allylic oxidation sites excluding steroid dienone is 2. The molecule has 212 valence electrons. The van der Waals surface area contributed by atoms with Crippen molar-refractivity contribution in [2.24, 2.45) is 0 Å². The molecule has 2 unspecified atom stereocenters. The van der Waals surface area contributed by atoms with Crippen molar-refractivity contribution in [1.29, 1.82) is 0 Å². The van der Waals surface area contributed by atoms with E-state index < -0.39 is 6.04 Å². The van der Waals surface area contributed by atoms with E-state index in [1.807, 2.05) is 49.9 Å². The van der Waals surface area contributed by atoms with E-state index in [1.54, 1.807) is 12.5 Å². The molecule has 0 bridgehead atoms. The summed E-state index contributed by atoms with van der Waals surface area (Å²) in [4.78, 5) is 27.1. The van der Waals surface area contributed by atoms with Gasteiger partial charge in [-0.25, -0.2) is 15.0 Å². The maximum atomic E-state index is 12.9. The molecule has 1 amide bonds. The van der Waals surface area contributed by atoms with Crippen LogP contribution in [0.2, 0.25) is 0 Å². The largest absolute Gasteiger partial charge is 0.394 e. The summed E-state index contributed by atoms with van der Waals surface area (Å²) in [6.07, 6.45) is 10.0. The lowest BCUT2D eigenvalue weighted by molar-refractivity contribution is 0.0920. The molecule has 3 aromatic rings. The molecule has 0 spiro atoms. The first-order valence-corrected chi connectivity index (χ1v) is 16.0. The van der Waals surface area contributed by atoms with Gasteiger partial charge in [-0.15, -0.1) is 11.3 Å². The van der Waals surface area contributed by atoms with Crippen molar-refractivity contribution in [3.05, 3.63) is 80.7 Å². The number of aromatic nitrogens is 3. The topological polar surface area (TPSA) is 88.0 Å². The molecule has 2 aromatic heterocycles. The van der Waals surface area contributed by atoms with E-state index in [1.165, 1.54) is 33.8 Å². The van der Waals surface area contributed by atoms with Gasteiger partial charge in [0.1, 0.15) is 11.2 Å². The van der Waals surface area contributed by atoms with Crippen LogP contribution in [0.3, 0.4) is 0 Å². The van der Waals surface area contributed by atoms with Crippen LogP contribution in [0.4, 0.5) is 0 Å². The number of aliphatic hydroxyl groups is 1. The summed E-state index contributed by atoms with van der Waals surface area (Å²) in [7, 11) is 0. The summed E-state index contributed by atoms with van der Waals surface area (Å²) in [5, 5.41) is 13.9. The van der Waals surface area contributed by atoms with Gasteiger partial charge < -0.3 is 10.4 Å². The van der Waals surface area contributed by atoms with Crippen molar-refractivity contribution in [3.8, 4) is 11.3 Å². The lowest BCUT2D eigenvalue weighted by Crippen LogP contribution is -2.30. The van der Waals surface area contributed by atoms with Crippen LogP contribution in [0.1, 0.15) is 97.8 Å². The molecule has 3 heterocycles. The van der Waals surface area contributed by atoms with Gasteiger partial charge in [0.2, 0.25) is 0 Å². The van der Waals surface area contributed by atoms with Crippen LogP contribution in [-0.2, 0) is 5.41 Å². The third-order valence-corrected chi connectivity index (χ3v) is 9.38. The molecule has 0 fully saturated rings. The highest BCUT2D eigenvalue weighted by Gasteiger charge is 2.26. The average molecular weight is 577 g/mol. The highest BCUT2D eigenvalue weighted by molar-refractivity contribution is 7.99. The minimum atomic E-state index is -0.512. The number of benzene rings is 1. The number of hydrogen-bond acceptors (Lipinski definition) is 7. The summed E-state index contributed by atoms with van der Waals surface area (Å²) in [5.74, 6) is 2.36. The van der Waals surface area contributed by atoms with Gasteiger partial charge >= 0.3 is 0 Å². The number of nitrogens with one attached hydrogen (secondary N) is 1. The van der Waals surface area contributed by atoms with Gasteiger partial charge in [-0.3, -0.25) is 4.79 Å². The number of thioether (sulfide) groups is 1. The Kier molecular flexibility index (Phi) is 9.98. The minimum Gasteiger partial charge on any atom is -0.394 e. The van der Waals surface area contributed by atoms with Crippen molar-refractivity contribution < 1.29 is 9.90 Å². The van der Waals surface area contributed by atoms with Crippen LogP contribution in [-0.4, -0.2) is 44.1 Å². The normalized spacial score (nSPS) is 17.5. The second-order valence-corrected chi connectivity index (χ2v) is 13.1. The van der Waals surface area contributed by atoms with Crippen LogP contribution in [0.15, 0.2) is 54.0 Å². The number of fused-ring (bicyclic) bond motifs is 1. The Balaban J connectivity index is 0.00000181. The van der Waals surface area contributed by atoms with Crippen molar-refractivity contribution in [2.75, 3.05) is 18.1 Å². The Morgan fingerprint density at radius 3 is 2.50 bits per heavy atom. The van der Waals surface area contributed by atoms with Crippen molar-refractivity contribution in [1.82, 2.24) is 20.3 Å². The van der Waals surface area contributed by atoms with Crippen LogP contribution < -0.4 is 5.32 Å².